The highest BCUT2D eigenvalue weighted by molar-refractivity contribution is 6.74. The SMILES string of the molecule is CCCCCCC/C=C/C#C[C@@H](C)[C@@H](O[Si](C)(C)C(C)(C)C)C1CCCCC1. The van der Waals surface area contributed by atoms with Gasteiger partial charge in [-0.1, -0.05) is 90.6 Å². The molecule has 0 aromatic carbocycles. The molecule has 1 rings (SSSR count). The zero-order valence-electron chi connectivity index (χ0n) is 20.1. The van der Waals surface area contributed by atoms with E-state index in [1.165, 1.54) is 70.6 Å². The third kappa shape index (κ3) is 9.32. The van der Waals surface area contributed by atoms with E-state index in [-0.39, 0.29) is 5.04 Å². The van der Waals surface area contributed by atoms with E-state index in [2.05, 4.69) is 71.7 Å². The maximum atomic E-state index is 6.95. The Bertz CT molecular complexity index is 497. The molecule has 0 unspecified atom stereocenters. The van der Waals surface area contributed by atoms with Crippen molar-refractivity contribution in [3.8, 4) is 11.8 Å². The van der Waals surface area contributed by atoms with Crippen molar-refractivity contribution in [2.75, 3.05) is 0 Å². The molecule has 0 spiro atoms. The highest BCUT2D eigenvalue weighted by atomic mass is 28.4. The summed E-state index contributed by atoms with van der Waals surface area (Å²) in [6, 6.07) is 0. The monoisotopic (exact) mass is 404 g/mol. The Labute approximate surface area is 178 Å². The molecular formula is C26H48OSi. The minimum atomic E-state index is -1.78. The average molecular weight is 405 g/mol. The predicted octanol–water partition coefficient (Wildman–Crippen LogP) is 8.51. The minimum absolute atomic E-state index is 0.255. The Kier molecular flexibility index (Phi) is 11.8. The molecule has 0 N–H and O–H groups in total. The average Bonchev–Trinajstić information content (AvgIpc) is 2.64. The maximum absolute atomic E-state index is 6.95. The Morgan fingerprint density at radius 2 is 1.68 bits per heavy atom. The predicted molar refractivity (Wildman–Crippen MR) is 128 cm³/mol. The molecule has 0 saturated heterocycles. The first-order chi connectivity index (χ1) is 13.2. The van der Waals surface area contributed by atoms with E-state index in [1.54, 1.807) is 0 Å². The first kappa shape index (κ1) is 25.5. The van der Waals surface area contributed by atoms with Gasteiger partial charge in [0.1, 0.15) is 0 Å². The molecule has 0 aromatic heterocycles. The fourth-order valence-electron chi connectivity index (χ4n) is 3.86. The van der Waals surface area contributed by atoms with E-state index in [9.17, 15) is 0 Å². The molecule has 0 amide bonds. The smallest absolute Gasteiger partial charge is 0.192 e. The molecule has 1 fully saturated rings. The van der Waals surface area contributed by atoms with Gasteiger partial charge >= 0.3 is 0 Å². The van der Waals surface area contributed by atoms with Crippen LogP contribution in [0.4, 0.5) is 0 Å². The number of allylic oxidation sites excluding steroid dienone is 2. The van der Waals surface area contributed by atoms with Gasteiger partial charge in [-0.25, -0.2) is 0 Å². The van der Waals surface area contributed by atoms with Crippen LogP contribution in [-0.4, -0.2) is 14.4 Å². The summed E-state index contributed by atoms with van der Waals surface area (Å²) < 4.78 is 6.95. The molecule has 1 nitrogen and oxygen atoms in total. The van der Waals surface area contributed by atoms with Crippen molar-refractivity contribution >= 4 is 8.32 Å². The molecule has 0 bridgehead atoms. The summed E-state index contributed by atoms with van der Waals surface area (Å²) in [4.78, 5) is 0. The Hall–Kier alpha value is -0.523. The summed E-state index contributed by atoms with van der Waals surface area (Å²) >= 11 is 0. The van der Waals surface area contributed by atoms with Gasteiger partial charge in [-0.15, -0.1) is 0 Å². The van der Waals surface area contributed by atoms with Gasteiger partial charge in [-0.05, 0) is 62.7 Å². The lowest BCUT2D eigenvalue weighted by Gasteiger charge is -2.43. The van der Waals surface area contributed by atoms with Gasteiger partial charge in [0, 0.05) is 5.92 Å². The molecule has 1 saturated carbocycles. The van der Waals surface area contributed by atoms with Crippen molar-refractivity contribution < 1.29 is 4.43 Å². The van der Waals surface area contributed by atoms with E-state index >= 15 is 0 Å². The van der Waals surface area contributed by atoms with Crippen molar-refractivity contribution in [2.45, 2.75) is 129 Å². The molecule has 0 aromatic rings. The molecule has 2 heteroatoms. The fraction of sp³-hybridized carbons (Fsp3) is 0.846. The fourth-order valence-corrected chi connectivity index (χ4v) is 5.29. The number of rotatable bonds is 10. The molecule has 2 atom stereocenters. The Morgan fingerprint density at radius 3 is 2.29 bits per heavy atom. The van der Waals surface area contributed by atoms with Crippen molar-refractivity contribution in [3.63, 3.8) is 0 Å². The first-order valence-electron chi connectivity index (χ1n) is 12.0. The van der Waals surface area contributed by atoms with Crippen LogP contribution < -0.4 is 0 Å². The highest BCUT2D eigenvalue weighted by Crippen LogP contribution is 2.41. The molecular weight excluding hydrogens is 356 g/mol. The second-order valence-corrected chi connectivity index (χ2v) is 15.2. The van der Waals surface area contributed by atoms with Crippen LogP contribution in [0.15, 0.2) is 12.2 Å². The molecule has 0 aliphatic heterocycles. The molecule has 162 valence electrons. The summed E-state index contributed by atoms with van der Waals surface area (Å²) in [5.74, 6) is 7.86. The van der Waals surface area contributed by atoms with Crippen LogP contribution in [0.1, 0.15) is 105 Å². The lowest BCUT2D eigenvalue weighted by Crippen LogP contribution is -2.47. The number of hydrogen-bond donors (Lipinski definition) is 0. The largest absolute Gasteiger partial charge is 0.412 e. The summed E-state index contributed by atoms with van der Waals surface area (Å²) in [5, 5.41) is 0.255. The number of unbranched alkanes of at least 4 members (excludes halogenated alkanes) is 5. The van der Waals surface area contributed by atoms with Crippen molar-refractivity contribution in [2.24, 2.45) is 11.8 Å². The van der Waals surface area contributed by atoms with Gasteiger partial charge in [0.25, 0.3) is 0 Å². The summed E-state index contributed by atoms with van der Waals surface area (Å²) in [6.07, 6.45) is 19.3. The Balaban J connectivity index is 2.66. The van der Waals surface area contributed by atoms with Gasteiger partial charge in [0.15, 0.2) is 8.32 Å². The van der Waals surface area contributed by atoms with E-state index in [0.29, 0.717) is 17.9 Å². The second kappa shape index (κ2) is 12.9. The van der Waals surface area contributed by atoms with Gasteiger partial charge < -0.3 is 4.43 Å². The van der Waals surface area contributed by atoms with Crippen LogP contribution in [0.25, 0.3) is 0 Å². The van der Waals surface area contributed by atoms with Gasteiger partial charge in [-0.2, -0.15) is 0 Å². The molecule has 0 radical (unpaired) electrons. The van der Waals surface area contributed by atoms with Gasteiger partial charge in [-0.3, -0.25) is 0 Å². The number of hydrogen-bond acceptors (Lipinski definition) is 1. The highest BCUT2D eigenvalue weighted by Gasteiger charge is 2.42. The summed E-state index contributed by atoms with van der Waals surface area (Å²) in [5.41, 5.74) is 0. The van der Waals surface area contributed by atoms with E-state index in [0.717, 1.165) is 0 Å². The quantitative estimate of drug-likeness (QED) is 0.201. The topological polar surface area (TPSA) is 9.23 Å². The van der Waals surface area contributed by atoms with Crippen molar-refractivity contribution in [1.29, 1.82) is 0 Å². The molecule has 28 heavy (non-hydrogen) atoms. The minimum Gasteiger partial charge on any atom is -0.412 e. The normalized spacial score (nSPS) is 18.7. The molecule has 1 aliphatic rings. The van der Waals surface area contributed by atoms with E-state index in [4.69, 9.17) is 4.43 Å². The maximum Gasteiger partial charge on any atom is 0.192 e. The van der Waals surface area contributed by atoms with Crippen molar-refractivity contribution in [3.05, 3.63) is 12.2 Å². The van der Waals surface area contributed by atoms with Crippen LogP contribution in [0.3, 0.4) is 0 Å². The van der Waals surface area contributed by atoms with E-state index < -0.39 is 8.32 Å². The molecule has 1 aliphatic carbocycles. The van der Waals surface area contributed by atoms with Crippen LogP contribution in [0.2, 0.25) is 18.1 Å². The Morgan fingerprint density at radius 1 is 1.04 bits per heavy atom. The lowest BCUT2D eigenvalue weighted by atomic mass is 9.81. The summed E-state index contributed by atoms with van der Waals surface area (Å²) in [6.45, 7) is 16.4. The van der Waals surface area contributed by atoms with E-state index in [1.807, 2.05) is 0 Å². The first-order valence-corrected chi connectivity index (χ1v) is 14.9. The van der Waals surface area contributed by atoms with Crippen LogP contribution >= 0.6 is 0 Å². The lowest BCUT2D eigenvalue weighted by molar-refractivity contribution is 0.0680. The van der Waals surface area contributed by atoms with Gasteiger partial charge in [0.05, 0.1) is 6.10 Å². The third-order valence-electron chi connectivity index (χ3n) is 6.83. The van der Waals surface area contributed by atoms with Crippen LogP contribution in [-0.2, 0) is 4.43 Å². The zero-order chi connectivity index (χ0) is 21.0. The molecule has 0 heterocycles. The zero-order valence-corrected chi connectivity index (χ0v) is 21.1. The third-order valence-corrected chi connectivity index (χ3v) is 11.3. The van der Waals surface area contributed by atoms with Crippen molar-refractivity contribution in [1.82, 2.24) is 0 Å². The van der Waals surface area contributed by atoms with Crippen LogP contribution in [0, 0.1) is 23.7 Å². The van der Waals surface area contributed by atoms with Crippen LogP contribution in [0.5, 0.6) is 0 Å². The van der Waals surface area contributed by atoms with Gasteiger partial charge in [0.2, 0.25) is 0 Å². The summed E-state index contributed by atoms with van der Waals surface area (Å²) in [7, 11) is -1.78. The standard InChI is InChI=1S/C26H48OSi/c1-8-9-10-11-12-13-14-15-17-20-23(2)25(24-21-18-16-19-22-24)27-28(6,7)26(3,4)5/h14-15,23-25H,8-13,16,18-19,21-22H2,1-7H3/b15-14+/t23-,25-/m1/s1. The second-order valence-electron chi connectivity index (χ2n) is 10.4.